The molecule has 0 fully saturated rings. The second-order valence-corrected chi connectivity index (χ2v) is 5.00. The third-order valence-electron chi connectivity index (χ3n) is 3.53. The number of hydrogen-bond donors (Lipinski definition) is 1. The molecule has 3 aromatic carbocycles. The molecule has 0 atom stereocenters. The van der Waals surface area contributed by atoms with Crippen LogP contribution in [-0.2, 0) is 0 Å². The molecule has 0 saturated carbocycles. The highest BCUT2D eigenvalue weighted by Crippen LogP contribution is 2.16. The Labute approximate surface area is 134 Å². The zero-order valence-electron chi connectivity index (χ0n) is 12.7. The van der Waals surface area contributed by atoms with Gasteiger partial charge in [-0.15, -0.1) is 0 Å². The minimum atomic E-state index is -0.277. The summed E-state index contributed by atoms with van der Waals surface area (Å²) in [6.45, 7) is 0. The number of hydrogen-bond acceptors (Lipinski definition) is 3. The molecule has 23 heavy (non-hydrogen) atoms. The fourth-order valence-corrected chi connectivity index (χ4v) is 2.35. The van der Waals surface area contributed by atoms with Crippen LogP contribution in [-0.4, -0.2) is 19.2 Å². The topological polar surface area (TPSA) is 50.7 Å². The fraction of sp³-hybridized carbons (Fsp3) is 0.0526. The molecule has 4 nitrogen and oxygen atoms in total. The summed E-state index contributed by atoms with van der Waals surface area (Å²) in [5.74, 6) is 0.357. The van der Waals surface area contributed by atoms with Gasteiger partial charge >= 0.3 is 0 Å². The van der Waals surface area contributed by atoms with Crippen LogP contribution >= 0.6 is 0 Å². The van der Waals surface area contributed by atoms with Crippen LogP contribution in [0.1, 0.15) is 15.9 Å². The summed E-state index contributed by atoms with van der Waals surface area (Å²) in [5.41, 5.74) is 3.99. The zero-order valence-corrected chi connectivity index (χ0v) is 12.7. The monoisotopic (exact) mass is 304 g/mol. The lowest BCUT2D eigenvalue weighted by molar-refractivity contribution is 0.0955. The fourth-order valence-electron chi connectivity index (χ4n) is 2.35. The lowest BCUT2D eigenvalue weighted by atomic mass is 10.1. The molecule has 0 saturated heterocycles. The van der Waals surface area contributed by atoms with Crippen LogP contribution in [0.15, 0.2) is 71.8 Å². The van der Waals surface area contributed by atoms with Gasteiger partial charge in [0, 0.05) is 11.1 Å². The number of amides is 1. The number of carbonyl (C=O) groups excluding carboxylic acids is 1. The highest BCUT2D eigenvalue weighted by atomic mass is 16.5. The van der Waals surface area contributed by atoms with Crippen LogP contribution in [0, 0.1) is 0 Å². The standard InChI is InChI=1S/C19H16N2O2/c1-23-17-10-5-8-15(12-17)19(22)21-20-13-16-9-4-7-14-6-2-3-11-18(14)16/h2-13H,1H3,(H,21,22). The molecule has 0 heterocycles. The Bertz CT molecular complexity index is 867. The maximum absolute atomic E-state index is 12.1. The lowest BCUT2D eigenvalue weighted by Crippen LogP contribution is -2.17. The number of nitrogens with zero attached hydrogens (tertiary/aromatic N) is 1. The van der Waals surface area contributed by atoms with Gasteiger partial charge in [-0.3, -0.25) is 4.79 Å². The van der Waals surface area contributed by atoms with E-state index >= 15 is 0 Å². The molecular weight excluding hydrogens is 288 g/mol. The smallest absolute Gasteiger partial charge is 0.271 e. The molecule has 114 valence electrons. The van der Waals surface area contributed by atoms with E-state index in [1.807, 2.05) is 42.5 Å². The number of fused-ring (bicyclic) bond motifs is 1. The predicted molar refractivity (Wildman–Crippen MR) is 92.0 cm³/mol. The van der Waals surface area contributed by atoms with E-state index in [0.29, 0.717) is 11.3 Å². The molecule has 0 aliphatic carbocycles. The molecule has 0 aliphatic rings. The van der Waals surface area contributed by atoms with E-state index < -0.39 is 0 Å². The van der Waals surface area contributed by atoms with Crippen LogP contribution in [0.2, 0.25) is 0 Å². The SMILES string of the molecule is COc1cccc(C(=O)NN=Cc2cccc3ccccc23)c1. The largest absolute Gasteiger partial charge is 0.497 e. The summed E-state index contributed by atoms with van der Waals surface area (Å²) in [7, 11) is 1.57. The van der Waals surface area contributed by atoms with E-state index in [1.54, 1.807) is 37.6 Å². The normalized spacial score (nSPS) is 10.8. The summed E-state index contributed by atoms with van der Waals surface area (Å²) in [4.78, 5) is 12.1. The third kappa shape index (κ3) is 3.37. The molecule has 3 rings (SSSR count). The van der Waals surface area contributed by atoms with E-state index in [0.717, 1.165) is 16.3 Å². The van der Waals surface area contributed by atoms with Gasteiger partial charge in [0.15, 0.2) is 0 Å². The second kappa shape index (κ2) is 6.75. The number of hydrazone groups is 1. The number of carbonyl (C=O) groups is 1. The van der Waals surface area contributed by atoms with Crippen molar-refractivity contribution in [3.05, 3.63) is 77.9 Å². The Kier molecular flexibility index (Phi) is 4.34. The third-order valence-corrected chi connectivity index (χ3v) is 3.53. The van der Waals surface area contributed by atoms with Crippen LogP contribution < -0.4 is 10.2 Å². The van der Waals surface area contributed by atoms with E-state index in [4.69, 9.17) is 4.74 Å². The quantitative estimate of drug-likeness (QED) is 0.591. The highest BCUT2D eigenvalue weighted by molar-refractivity contribution is 6.00. The maximum atomic E-state index is 12.1. The minimum Gasteiger partial charge on any atom is -0.497 e. The van der Waals surface area contributed by atoms with Gasteiger partial charge in [0.2, 0.25) is 0 Å². The van der Waals surface area contributed by atoms with Gasteiger partial charge in [-0.25, -0.2) is 5.43 Å². The number of methoxy groups -OCH3 is 1. The Balaban J connectivity index is 1.76. The van der Waals surface area contributed by atoms with Gasteiger partial charge in [0.1, 0.15) is 5.75 Å². The Morgan fingerprint density at radius 1 is 1.04 bits per heavy atom. The van der Waals surface area contributed by atoms with Crippen molar-refractivity contribution in [1.82, 2.24) is 5.43 Å². The van der Waals surface area contributed by atoms with Crippen molar-refractivity contribution in [2.75, 3.05) is 7.11 Å². The molecule has 4 heteroatoms. The van der Waals surface area contributed by atoms with Crippen molar-refractivity contribution in [3.63, 3.8) is 0 Å². The van der Waals surface area contributed by atoms with Gasteiger partial charge < -0.3 is 4.74 Å². The summed E-state index contributed by atoms with van der Waals surface area (Å²) in [6.07, 6.45) is 1.65. The minimum absolute atomic E-state index is 0.277. The van der Waals surface area contributed by atoms with Crippen LogP contribution in [0.25, 0.3) is 10.8 Å². The van der Waals surface area contributed by atoms with E-state index in [9.17, 15) is 4.79 Å². The molecule has 0 aromatic heterocycles. The predicted octanol–water partition coefficient (Wildman–Crippen LogP) is 3.61. The summed E-state index contributed by atoms with van der Waals surface area (Å²) in [6, 6.07) is 21.0. The average Bonchev–Trinajstić information content (AvgIpc) is 2.62. The Morgan fingerprint density at radius 3 is 2.70 bits per heavy atom. The molecule has 1 N–H and O–H groups in total. The first-order chi connectivity index (χ1) is 11.3. The number of rotatable bonds is 4. The second-order valence-electron chi connectivity index (χ2n) is 5.00. The van der Waals surface area contributed by atoms with Crippen molar-refractivity contribution >= 4 is 22.9 Å². The number of ether oxygens (including phenoxy) is 1. The molecule has 3 aromatic rings. The summed E-state index contributed by atoms with van der Waals surface area (Å²) in [5, 5.41) is 6.28. The van der Waals surface area contributed by atoms with Gasteiger partial charge in [-0.05, 0) is 29.0 Å². The van der Waals surface area contributed by atoms with Gasteiger partial charge in [0.05, 0.1) is 13.3 Å². The average molecular weight is 304 g/mol. The van der Waals surface area contributed by atoms with Crippen molar-refractivity contribution < 1.29 is 9.53 Å². The summed E-state index contributed by atoms with van der Waals surface area (Å²) < 4.78 is 5.11. The van der Waals surface area contributed by atoms with Crippen LogP contribution in [0.3, 0.4) is 0 Å². The van der Waals surface area contributed by atoms with Crippen LogP contribution in [0.5, 0.6) is 5.75 Å². The first-order valence-corrected chi connectivity index (χ1v) is 7.23. The number of benzene rings is 3. The Hall–Kier alpha value is -3.14. The molecule has 0 unspecified atom stereocenters. The van der Waals surface area contributed by atoms with Crippen molar-refractivity contribution in [1.29, 1.82) is 0 Å². The first-order valence-electron chi connectivity index (χ1n) is 7.23. The first kappa shape index (κ1) is 14.8. The van der Waals surface area contributed by atoms with E-state index in [1.165, 1.54) is 0 Å². The maximum Gasteiger partial charge on any atom is 0.271 e. The number of nitrogens with one attached hydrogen (secondary N) is 1. The van der Waals surface area contributed by atoms with E-state index in [2.05, 4.69) is 10.5 Å². The highest BCUT2D eigenvalue weighted by Gasteiger charge is 2.05. The van der Waals surface area contributed by atoms with Crippen molar-refractivity contribution in [2.24, 2.45) is 5.10 Å². The zero-order chi connectivity index (χ0) is 16.1. The molecular formula is C19H16N2O2. The molecule has 0 spiro atoms. The molecule has 0 bridgehead atoms. The van der Waals surface area contributed by atoms with Gasteiger partial charge in [0.25, 0.3) is 5.91 Å². The molecule has 0 aliphatic heterocycles. The van der Waals surface area contributed by atoms with Gasteiger partial charge in [-0.1, -0.05) is 48.5 Å². The summed E-state index contributed by atoms with van der Waals surface area (Å²) >= 11 is 0. The van der Waals surface area contributed by atoms with Crippen LogP contribution in [0.4, 0.5) is 0 Å². The molecule has 1 amide bonds. The lowest BCUT2D eigenvalue weighted by Gasteiger charge is -2.04. The van der Waals surface area contributed by atoms with Gasteiger partial charge in [-0.2, -0.15) is 5.10 Å². The van der Waals surface area contributed by atoms with Crippen molar-refractivity contribution in [2.45, 2.75) is 0 Å². The molecule has 0 radical (unpaired) electrons. The van der Waals surface area contributed by atoms with Crippen molar-refractivity contribution in [3.8, 4) is 5.75 Å². The van der Waals surface area contributed by atoms with E-state index in [-0.39, 0.29) is 5.91 Å². The Morgan fingerprint density at radius 2 is 1.83 bits per heavy atom.